The Morgan fingerprint density at radius 2 is 0.552 bits per heavy atom. The fourth-order valence-corrected chi connectivity index (χ4v) is 27.6. The van der Waals surface area contributed by atoms with Crippen LogP contribution in [-0.2, 0) is 32.7 Å². The first kappa shape index (κ1) is 110. The first-order valence-electron chi connectivity index (χ1n) is 38.7. The standard InChI is InChI=1S/C20H32NOPSi2.2C18H26NOPSi.2C17H24NOPSi.5ClH/c1-21-14-15-10-8-9-11-17(15)23-18-12-16(24(2,3)4)13-19(20(18)22)25(5,6)7;1-13-6-9-17(14(10-13)12-19-2)21-18-11-15(22(3,4)5)7-8-16(18)20;1-13-8-6-9-14(12-19-2)18(13)21-15-10-7-11-16(17(15)20)22(3,4)5;1-18-12-13-8-5-6-9-14(13)20-15-10-7-11-16(17(15)19)21(2,3)4;1-18-12-13-7-5-6-8-16(13)20-17-11-14(21(2,3)4)9-10-15(17)19;;;;;/h8-13,21-23H,14H2,1-7H3;2*6-11,19-21H,12H2,1-5H3;2*5-11,18-20H,12H2,1-4H3;5*1H. The number of hydrogen-bond acceptors (Lipinski definition) is 10. The molecule has 636 valence electrons. The summed E-state index contributed by atoms with van der Waals surface area (Å²) in [7, 11) is 3.50. The minimum atomic E-state index is -1.60. The molecule has 0 saturated carbocycles. The van der Waals surface area contributed by atoms with Crippen LogP contribution < -0.4 is 111 Å². The van der Waals surface area contributed by atoms with Crippen molar-refractivity contribution in [1.82, 2.24) is 26.6 Å². The zero-order valence-corrected chi connectivity index (χ0v) is 88.4. The molecule has 26 heteroatoms. The normalized spacial score (nSPS) is 11.8. The molecule has 10 nitrogen and oxygen atoms in total. The third-order valence-corrected chi connectivity index (χ3v) is 38.5. The van der Waals surface area contributed by atoms with Crippen LogP contribution in [0.2, 0.25) is 118 Å². The summed E-state index contributed by atoms with van der Waals surface area (Å²) in [5, 5.41) is 88.7. The molecule has 0 radical (unpaired) electrons. The number of aryl methyl sites for hydroxylation is 2. The number of phenols is 5. The number of phenolic OH excluding ortho intramolecular Hbond substituents is 5. The summed E-state index contributed by atoms with van der Waals surface area (Å²) in [6.45, 7) is 50.3. The summed E-state index contributed by atoms with van der Waals surface area (Å²) >= 11 is 0. The van der Waals surface area contributed by atoms with Crippen molar-refractivity contribution in [3.8, 4) is 28.7 Å². The van der Waals surface area contributed by atoms with Crippen molar-refractivity contribution in [2.75, 3.05) is 35.2 Å². The molecule has 0 aromatic heterocycles. The van der Waals surface area contributed by atoms with Gasteiger partial charge in [0.05, 0.1) is 48.4 Å². The summed E-state index contributed by atoms with van der Waals surface area (Å²) < 4.78 is 0. The number of halogens is 5. The first-order chi connectivity index (χ1) is 52.0. The highest BCUT2D eigenvalue weighted by molar-refractivity contribution is 7.57. The van der Waals surface area contributed by atoms with Gasteiger partial charge in [0.15, 0.2) is 0 Å². The van der Waals surface area contributed by atoms with Crippen LogP contribution in [0, 0.1) is 13.8 Å². The van der Waals surface area contributed by atoms with Gasteiger partial charge in [-0.2, -0.15) is 0 Å². The molecule has 0 bridgehead atoms. The van der Waals surface area contributed by atoms with E-state index in [1.807, 2.05) is 53.4 Å². The summed E-state index contributed by atoms with van der Waals surface area (Å²) in [6, 6.07) is 67.8. The van der Waals surface area contributed by atoms with Crippen molar-refractivity contribution in [2.24, 2.45) is 0 Å². The lowest BCUT2D eigenvalue weighted by Crippen LogP contribution is -2.47. The van der Waals surface area contributed by atoms with E-state index in [4.69, 9.17) is 0 Å². The highest BCUT2D eigenvalue weighted by Gasteiger charge is 2.29. The highest BCUT2D eigenvalue weighted by atomic mass is 35.5. The van der Waals surface area contributed by atoms with Gasteiger partial charge < -0.3 is 52.1 Å². The largest absolute Gasteiger partial charge is 0.507 e. The van der Waals surface area contributed by atoms with Crippen molar-refractivity contribution in [1.29, 1.82) is 0 Å². The fraction of sp³-hybridized carbons (Fsp3) is 0.333. The van der Waals surface area contributed by atoms with Crippen LogP contribution in [0.1, 0.15) is 38.9 Å². The Morgan fingerprint density at radius 1 is 0.250 bits per heavy atom. The van der Waals surface area contributed by atoms with Crippen molar-refractivity contribution < 1.29 is 25.5 Å². The van der Waals surface area contributed by atoms with Gasteiger partial charge in [-0.05, 0) is 137 Å². The van der Waals surface area contributed by atoms with Gasteiger partial charge in [0.2, 0.25) is 0 Å². The van der Waals surface area contributed by atoms with Crippen molar-refractivity contribution >= 4 is 238 Å². The van der Waals surface area contributed by atoms with Gasteiger partial charge in [-0.25, -0.2) is 0 Å². The highest BCUT2D eigenvalue weighted by Crippen LogP contribution is 2.28. The minimum Gasteiger partial charge on any atom is -0.507 e. The maximum absolute atomic E-state index is 11.0. The lowest BCUT2D eigenvalue weighted by molar-refractivity contribution is 0.479. The SMILES string of the molecule is CNCc1cc(C)ccc1Pc1cc([Si](C)(C)C)ccc1O.CNCc1cccc(C)c1Pc1cccc([Si](C)(C)C)c1O.CNCc1ccccc1Pc1cc([Si](C)(C)C)cc([Si](C)(C)C)c1O.CNCc1ccccc1Pc1cc([Si](C)(C)C)ccc1O.CNCc1ccccc1Pc1cccc([Si](C)(C)C)c1O.Cl.Cl.Cl.Cl.Cl. The first-order valence-corrected chi connectivity index (χ1v) is 64.7. The maximum atomic E-state index is 11.0. The Hall–Kier alpha value is -4.10. The van der Waals surface area contributed by atoms with E-state index >= 15 is 0 Å². The molecule has 0 aliphatic rings. The van der Waals surface area contributed by atoms with Crippen molar-refractivity contribution in [2.45, 2.75) is 164 Å². The Kier molecular flexibility index (Phi) is 47.8. The third kappa shape index (κ3) is 33.6. The predicted octanol–water partition coefficient (Wildman–Crippen LogP) is 14.7. The van der Waals surface area contributed by atoms with Crippen LogP contribution in [0.25, 0.3) is 0 Å². The molecule has 0 aliphatic heterocycles. The molecule has 0 saturated heterocycles. The van der Waals surface area contributed by atoms with E-state index in [-0.39, 0.29) is 62.0 Å². The van der Waals surface area contributed by atoms with Gasteiger partial charge in [-0.3, -0.25) is 0 Å². The van der Waals surface area contributed by atoms with Crippen molar-refractivity contribution in [3.05, 3.63) is 233 Å². The maximum Gasteiger partial charge on any atom is 0.123 e. The second-order valence-electron chi connectivity index (χ2n) is 34.8. The summed E-state index contributed by atoms with van der Waals surface area (Å²) in [4.78, 5) is 0. The van der Waals surface area contributed by atoms with Crippen LogP contribution >= 0.6 is 105 Å². The Labute approximate surface area is 744 Å². The van der Waals surface area contributed by atoms with Gasteiger partial charge in [0.1, 0.15) is 28.7 Å². The van der Waals surface area contributed by atoms with Crippen LogP contribution in [0.4, 0.5) is 0 Å². The van der Waals surface area contributed by atoms with Gasteiger partial charge in [0, 0.05) is 59.2 Å². The number of benzene rings is 10. The molecule has 0 spiro atoms. The third-order valence-electron chi connectivity index (χ3n) is 19.0. The topological polar surface area (TPSA) is 161 Å². The van der Waals surface area contributed by atoms with E-state index in [9.17, 15) is 25.5 Å². The number of rotatable bonds is 26. The molecule has 0 fully saturated rings. The average molecular weight is 1870 g/mol. The smallest absolute Gasteiger partial charge is 0.123 e. The molecule has 10 aromatic rings. The van der Waals surface area contributed by atoms with E-state index in [2.05, 4.69) is 334 Å². The van der Waals surface area contributed by atoms with Gasteiger partial charge in [-0.15, -0.1) is 62.0 Å². The predicted molar refractivity (Wildman–Crippen MR) is 558 cm³/mol. The number of aromatic hydroxyl groups is 5. The molecule has 10 rings (SSSR count). The van der Waals surface area contributed by atoms with E-state index in [1.165, 1.54) is 86.2 Å². The molecule has 116 heavy (non-hydrogen) atoms. The Bertz CT molecular complexity index is 4660. The molecule has 5 unspecified atom stereocenters. The van der Waals surface area contributed by atoms with Gasteiger partial charge in [-0.1, -0.05) is 364 Å². The van der Waals surface area contributed by atoms with E-state index in [1.54, 1.807) is 0 Å². The number of para-hydroxylation sites is 2. The molecule has 5 atom stereocenters. The zero-order chi connectivity index (χ0) is 82.4. The molecule has 10 N–H and O–H groups in total. The second-order valence-corrected chi connectivity index (χ2v) is 71.8. The van der Waals surface area contributed by atoms with Gasteiger partial charge in [0.25, 0.3) is 0 Å². The fourth-order valence-electron chi connectivity index (χ4n) is 12.5. The quantitative estimate of drug-likeness (QED) is 0.0187. The molecule has 10 aromatic carbocycles. The summed E-state index contributed by atoms with van der Waals surface area (Å²) in [6.07, 6.45) is 0. The summed E-state index contributed by atoms with van der Waals surface area (Å²) in [5.74, 6) is 2.39. The number of nitrogens with one attached hydrogen (secondary N) is 5. The Balaban J connectivity index is 0.000000718. The lowest BCUT2D eigenvalue weighted by Gasteiger charge is -2.26. The van der Waals surface area contributed by atoms with Gasteiger partial charge >= 0.3 is 0 Å². The van der Waals surface area contributed by atoms with E-state index < -0.39 is 48.4 Å². The zero-order valence-electron chi connectivity index (χ0n) is 73.3. The molecular weight excluding hydrogens is 1730 g/mol. The van der Waals surface area contributed by atoms with Crippen LogP contribution in [0.5, 0.6) is 28.7 Å². The van der Waals surface area contributed by atoms with Crippen molar-refractivity contribution in [3.63, 3.8) is 0 Å². The molecular formula is C90H137Cl5N5O5P5Si6. The minimum absolute atomic E-state index is 0. The monoisotopic (exact) mass is 1870 g/mol. The molecule has 0 amide bonds. The Morgan fingerprint density at radius 3 is 0.931 bits per heavy atom. The molecule has 0 aliphatic carbocycles. The van der Waals surface area contributed by atoms with Crippen LogP contribution in [0.3, 0.4) is 0 Å². The van der Waals surface area contributed by atoms with E-state index in [0.717, 1.165) is 69.6 Å². The average Bonchev–Trinajstić information content (AvgIpc) is 0.774. The second kappa shape index (κ2) is 50.5. The molecule has 0 heterocycles. The van der Waals surface area contributed by atoms with E-state index in [0.29, 0.717) is 71.7 Å². The van der Waals surface area contributed by atoms with Crippen LogP contribution in [-0.4, -0.2) is 109 Å². The van der Waals surface area contributed by atoms with Crippen LogP contribution in [0.15, 0.2) is 194 Å². The number of hydrogen-bond donors (Lipinski definition) is 10. The lowest BCUT2D eigenvalue weighted by atomic mass is 10.1. The summed E-state index contributed by atoms with van der Waals surface area (Å²) in [5.41, 5.74) is 9.13.